The fraction of sp³-hybridized carbons (Fsp3) is 0.316. The largest absolute Gasteiger partial charge is 0.497 e. The number of amides is 1. The normalized spacial score (nSPS) is 17.1. The van der Waals surface area contributed by atoms with Crippen molar-refractivity contribution in [1.82, 2.24) is 4.90 Å². The standard InChI is InChI=1S/C19H21NO3/c1-22-17-11-9-16(10-12-17)18-8-5-13-20(18)19(21)23-14-15-6-3-2-4-7-15/h2-4,6-7,9-12,18H,5,8,13-14H2,1H3. The molecule has 1 aliphatic heterocycles. The summed E-state index contributed by atoms with van der Waals surface area (Å²) in [4.78, 5) is 14.2. The topological polar surface area (TPSA) is 38.8 Å². The van der Waals surface area contributed by atoms with E-state index in [0.29, 0.717) is 6.61 Å². The maximum absolute atomic E-state index is 12.4. The smallest absolute Gasteiger partial charge is 0.410 e. The van der Waals surface area contributed by atoms with Gasteiger partial charge in [-0.05, 0) is 36.1 Å². The van der Waals surface area contributed by atoms with Gasteiger partial charge < -0.3 is 14.4 Å². The van der Waals surface area contributed by atoms with Gasteiger partial charge in [0.25, 0.3) is 0 Å². The van der Waals surface area contributed by atoms with Crippen molar-refractivity contribution in [1.29, 1.82) is 0 Å². The Kier molecular flexibility index (Phi) is 4.81. The van der Waals surface area contributed by atoms with Crippen LogP contribution in [0.25, 0.3) is 0 Å². The maximum atomic E-state index is 12.4. The second kappa shape index (κ2) is 7.18. The molecule has 1 heterocycles. The van der Waals surface area contributed by atoms with Crippen LogP contribution in [-0.4, -0.2) is 24.6 Å². The molecule has 2 aromatic carbocycles. The molecule has 1 unspecified atom stereocenters. The van der Waals surface area contributed by atoms with Crippen LogP contribution in [0.1, 0.15) is 30.0 Å². The summed E-state index contributed by atoms with van der Waals surface area (Å²) in [6.45, 7) is 1.05. The lowest BCUT2D eigenvalue weighted by Gasteiger charge is -2.24. The van der Waals surface area contributed by atoms with Crippen LogP contribution in [-0.2, 0) is 11.3 Å². The maximum Gasteiger partial charge on any atom is 0.410 e. The zero-order chi connectivity index (χ0) is 16.1. The Hall–Kier alpha value is -2.49. The first-order valence-corrected chi connectivity index (χ1v) is 7.89. The van der Waals surface area contributed by atoms with Crippen LogP contribution in [0.3, 0.4) is 0 Å². The third kappa shape index (κ3) is 3.65. The minimum atomic E-state index is -0.243. The molecule has 0 aliphatic carbocycles. The summed E-state index contributed by atoms with van der Waals surface area (Å²) in [6.07, 6.45) is 1.72. The molecular formula is C19H21NO3. The van der Waals surface area contributed by atoms with Gasteiger partial charge in [0.15, 0.2) is 0 Å². The van der Waals surface area contributed by atoms with Crippen molar-refractivity contribution in [2.45, 2.75) is 25.5 Å². The van der Waals surface area contributed by atoms with Crippen LogP contribution in [0.5, 0.6) is 5.75 Å². The van der Waals surface area contributed by atoms with E-state index >= 15 is 0 Å². The van der Waals surface area contributed by atoms with Gasteiger partial charge in [0.05, 0.1) is 13.2 Å². The van der Waals surface area contributed by atoms with E-state index in [1.54, 1.807) is 7.11 Å². The summed E-state index contributed by atoms with van der Waals surface area (Å²) in [7, 11) is 1.65. The first-order chi connectivity index (χ1) is 11.3. The van der Waals surface area contributed by atoms with Gasteiger partial charge in [-0.1, -0.05) is 42.5 Å². The van der Waals surface area contributed by atoms with E-state index in [0.717, 1.165) is 36.3 Å². The summed E-state index contributed by atoms with van der Waals surface area (Å²) in [5.41, 5.74) is 2.13. The number of rotatable bonds is 4. The number of nitrogens with zero attached hydrogens (tertiary/aromatic N) is 1. The van der Waals surface area contributed by atoms with Gasteiger partial charge in [0.2, 0.25) is 0 Å². The van der Waals surface area contributed by atoms with E-state index in [-0.39, 0.29) is 12.1 Å². The Balaban J connectivity index is 1.64. The Morgan fingerprint density at radius 1 is 1.13 bits per heavy atom. The minimum Gasteiger partial charge on any atom is -0.497 e. The molecule has 1 saturated heterocycles. The second-order valence-electron chi connectivity index (χ2n) is 5.66. The first-order valence-electron chi connectivity index (χ1n) is 7.89. The summed E-state index contributed by atoms with van der Waals surface area (Å²) in [5, 5.41) is 0. The molecule has 3 rings (SSSR count). The zero-order valence-electron chi connectivity index (χ0n) is 13.3. The molecule has 1 amide bonds. The predicted octanol–water partition coefficient (Wildman–Crippen LogP) is 4.17. The van der Waals surface area contributed by atoms with Crippen molar-refractivity contribution in [3.63, 3.8) is 0 Å². The summed E-state index contributed by atoms with van der Waals surface area (Å²) in [6, 6.07) is 17.7. The van der Waals surface area contributed by atoms with Crippen molar-refractivity contribution in [3.05, 3.63) is 65.7 Å². The molecule has 4 heteroatoms. The number of hydrogen-bond donors (Lipinski definition) is 0. The van der Waals surface area contributed by atoms with E-state index in [1.807, 2.05) is 59.5 Å². The molecule has 120 valence electrons. The van der Waals surface area contributed by atoms with Crippen LogP contribution in [0.4, 0.5) is 4.79 Å². The number of hydrogen-bond acceptors (Lipinski definition) is 3. The molecule has 0 saturated carbocycles. The lowest BCUT2D eigenvalue weighted by Crippen LogP contribution is -2.31. The highest BCUT2D eigenvalue weighted by molar-refractivity contribution is 5.68. The van der Waals surface area contributed by atoms with E-state index in [1.165, 1.54) is 0 Å². The van der Waals surface area contributed by atoms with Gasteiger partial charge in [-0.2, -0.15) is 0 Å². The van der Waals surface area contributed by atoms with Gasteiger partial charge in [0.1, 0.15) is 12.4 Å². The Morgan fingerprint density at radius 2 is 1.87 bits per heavy atom. The van der Waals surface area contributed by atoms with Crippen LogP contribution in [0.15, 0.2) is 54.6 Å². The summed E-state index contributed by atoms with van der Waals surface area (Å²) in [5.74, 6) is 0.824. The minimum absolute atomic E-state index is 0.0872. The summed E-state index contributed by atoms with van der Waals surface area (Å²) >= 11 is 0. The molecule has 0 bridgehead atoms. The van der Waals surface area contributed by atoms with E-state index < -0.39 is 0 Å². The molecule has 0 radical (unpaired) electrons. The van der Waals surface area contributed by atoms with Gasteiger partial charge in [-0.3, -0.25) is 0 Å². The molecule has 1 aliphatic rings. The number of ether oxygens (including phenoxy) is 2. The van der Waals surface area contributed by atoms with E-state index in [2.05, 4.69) is 0 Å². The first kappa shape index (κ1) is 15.4. The summed E-state index contributed by atoms with van der Waals surface area (Å²) < 4.78 is 10.7. The number of methoxy groups -OCH3 is 1. The van der Waals surface area contributed by atoms with Gasteiger partial charge in [0, 0.05) is 6.54 Å². The van der Waals surface area contributed by atoms with Crippen LogP contribution >= 0.6 is 0 Å². The molecule has 23 heavy (non-hydrogen) atoms. The molecule has 1 atom stereocenters. The van der Waals surface area contributed by atoms with Crippen LogP contribution < -0.4 is 4.74 Å². The van der Waals surface area contributed by atoms with Gasteiger partial charge >= 0.3 is 6.09 Å². The van der Waals surface area contributed by atoms with Crippen LogP contribution in [0, 0.1) is 0 Å². The zero-order valence-corrected chi connectivity index (χ0v) is 13.3. The highest BCUT2D eigenvalue weighted by atomic mass is 16.6. The lowest BCUT2D eigenvalue weighted by molar-refractivity contribution is 0.0921. The molecule has 0 spiro atoms. The quantitative estimate of drug-likeness (QED) is 0.850. The lowest BCUT2D eigenvalue weighted by atomic mass is 10.0. The van der Waals surface area contributed by atoms with Gasteiger partial charge in [-0.25, -0.2) is 4.79 Å². The Labute approximate surface area is 136 Å². The van der Waals surface area contributed by atoms with Crippen LogP contribution in [0.2, 0.25) is 0 Å². The molecule has 0 aromatic heterocycles. The number of likely N-dealkylation sites (tertiary alicyclic amines) is 1. The highest BCUT2D eigenvalue weighted by Gasteiger charge is 2.31. The fourth-order valence-electron chi connectivity index (χ4n) is 2.96. The third-order valence-corrected chi connectivity index (χ3v) is 4.19. The van der Waals surface area contributed by atoms with E-state index in [4.69, 9.17) is 9.47 Å². The average molecular weight is 311 g/mol. The highest BCUT2D eigenvalue weighted by Crippen LogP contribution is 2.33. The van der Waals surface area contributed by atoms with Crippen molar-refractivity contribution >= 4 is 6.09 Å². The van der Waals surface area contributed by atoms with Gasteiger partial charge in [-0.15, -0.1) is 0 Å². The molecular weight excluding hydrogens is 290 g/mol. The third-order valence-electron chi connectivity index (χ3n) is 4.19. The average Bonchev–Trinajstić information content (AvgIpc) is 3.10. The van der Waals surface area contributed by atoms with Crippen molar-refractivity contribution in [3.8, 4) is 5.75 Å². The Bertz CT molecular complexity index is 639. The second-order valence-corrected chi connectivity index (χ2v) is 5.66. The molecule has 2 aromatic rings. The molecule has 0 N–H and O–H groups in total. The predicted molar refractivity (Wildman–Crippen MR) is 88.3 cm³/mol. The number of benzene rings is 2. The Morgan fingerprint density at radius 3 is 2.57 bits per heavy atom. The number of carbonyl (C=O) groups excluding carboxylic acids is 1. The van der Waals surface area contributed by atoms with E-state index in [9.17, 15) is 4.79 Å². The molecule has 1 fully saturated rings. The van der Waals surface area contributed by atoms with Crippen molar-refractivity contribution in [2.75, 3.05) is 13.7 Å². The molecule has 4 nitrogen and oxygen atoms in total. The van der Waals surface area contributed by atoms with Crippen molar-refractivity contribution in [2.24, 2.45) is 0 Å². The monoisotopic (exact) mass is 311 g/mol. The SMILES string of the molecule is COc1ccc(C2CCCN2C(=O)OCc2ccccc2)cc1. The van der Waals surface area contributed by atoms with Crippen molar-refractivity contribution < 1.29 is 14.3 Å². The number of carbonyl (C=O) groups is 1. The fourth-order valence-corrected chi connectivity index (χ4v) is 2.96.